The number of Topliss-reactive ketones (excluding diaryl/α,β-unsaturated/α-hetero) is 1. The van der Waals surface area contributed by atoms with Gasteiger partial charge in [-0.2, -0.15) is 0 Å². The standard InChI is InChI=1S/C11H8O3.C7H5BrO2.C6H10O.CH4/c1-6-4-10(13)8-3-2-7(12)5-9(8)11(6)14;1-4-2-7(10)5(8)3-6(4)9;1-6(2)4-5-7-3;/h2-5,12H,1H3;2-3H,1H3;4-5H,1H2,2-3H3;1H4/b;;5-4+;. The Kier molecular flexibility index (Phi) is 11.8. The topological polar surface area (TPSA) is 97.7 Å². The third-order valence-corrected chi connectivity index (χ3v) is 4.56. The molecule has 32 heavy (non-hydrogen) atoms. The van der Waals surface area contributed by atoms with E-state index < -0.39 is 0 Å². The number of aromatic hydroxyl groups is 1. The fraction of sp³-hybridized carbons (Fsp3) is 0.200. The van der Waals surface area contributed by atoms with Crippen LogP contribution in [0.25, 0.3) is 0 Å². The lowest BCUT2D eigenvalue weighted by Gasteiger charge is -2.11. The highest BCUT2D eigenvalue weighted by Crippen LogP contribution is 2.24. The maximum absolute atomic E-state index is 11.6. The molecule has 1 aromatic rings. The summed E-state index contributed by atoms with van der Waals surface area (Å²) in [6.07, 6.45) is 7.34. The van der Waals surface area contributed by atoms with Gasteiger partial charge in [-0.3, -0.25) is 19.2 Å². The number of phenolic OH excluding ortho intramolecular Hbond substituents is 1. The van der Waals surface area contributed by atoms with E-state index in [0.717, 1.165) is 5.57 Å². The van der Waals surface area contributed by atoms with Crippen LogP contribution < -0.4 is 0 Å². The van der Waals surface area contributed by atoms with E-state index in [2.05, 4.69) is 27.2 Å². The Bertz CT molecular complexity index is 1030. The average Bonchev–Trinajstić information content (AvgIpc) is 2.70. The van der Waals surface area contributed by atoms with Gasteiger partial charge in [-0.1, -0.05) is 19.6 Å². The monoisotopic (exact) mass is 502 g/mol. The van der Waals surface area contributed by atoms with Crippen molar-refractivity contribution in [2.24, 2.45) is 0 Å². The molecule has 3 rings (SSSR count). The molecule has 0 atom stereocenters. The van der Waals surface area contributed by atoms with Crippen LogP contribution in [0.5, 0.6) is 5.75 Å². The molecule has 2 aliphatic carbocycles. The first-order valence-electron chi connectivity index (χ1n) is 9.07. The summed E-state index contributed by atoms with van der Waals surface area (Å²) in [5.41, 5.74) is 2.55. The van der Waals surface area contributed by atoms with Crippen molar-refractivity contribution in [1.82, 2.24) is 0 Å². The molecule has 0 fully saturated rings. The summed E-state index contributed by atoms with van der Waals surface area (Å²) in [5.74, 6) is -0.629. The van der Waals surface area contributed by atoms with Crippen LogP contribution in [0.15, 0.2) is 76.5 Å². The smallest absolute Gasteiger partial charge is 0.193 e. The van der Waals surface area contributed by atoms with E-state index in [1.54, 1.807) is 33.3 Å². The number of benzene rings is 1. The molecule has 0 aliphatic heterocycles. The molecular weight excluding hydrogens is 476 g/mol. The first-order valence-corrected chi connectivity index (χ1v) is 9.86. The van der Waals surface area contributed by atoms with E-state index in [-0.39, 0.29) is 41.9 Å². The lowest BCUT2D eigenvalue weighted by atomic mass is 9.90. The zero-order valence-electron chi connectivity index (χ0n) is 17.7. The highest BCUT2D eigenvalue weighted by atomic mass is 79.9. The summed E-state index contributed by atoms with van der Waals surface area (Å²) in [6, 6.07) is 4.19. The highest BCUT2D eigenvalue weighted by Gasteiger charge is 2.23. The lowest BCUT2D eigenvalue weighted by molar-refractivity contribution is -0.114. The number of fused-ring (bicyclic) bond motifs is 1. The Morgan fingerprint density at radius 2 is 1.56 bits per heavy atom. The first kappa shape index (κ1) is 28.7. The molecule has 0 unspecified atom stereocenters. The molecule has 170 valence electrons. The van der Waals surface area contributed by atoms with Crippen molar-refractivity contribution in [2.45, 2.75) is 28.2 Å². The maximum atomic E-state index is 11.6. The normalized spacial score (nSPS) is 14.5. The van der Waals surface area contributed by atoms with Gasteiger partial charge in [0, 0.05) is 28.3 Å². The van der Waals surface area contributed by atoms with Crippen molar-refractivity contribution in [3.05, 3.63) is 87.7 Å². The van der Waals surface area contributed by atoms with Crippen LogP contribution in [0.4, 0.5) is 0 Å². The number of methoxy groups -OCH3 is 1. The molecule has 7 heteroatoms. The molecule has 6 nitrogen and oxygen atoms in total. The predicted octanol–water partition coefficient (Wildman–Crippen LogP) is 5.44. The number of ketones is 4. The van der Waals surface area contributed by atoms with Gasteiger partial charge in [0.15, 0.2) is 23.1 Å². The number of hydrogen-bond donors (Lipinski definition) is 1. The van der Waals surface area contributed by atoms with Gasteiger partial charge in [-0.25, -0.2) is 0 Å². The fourth-order valence-corrected chi connectivity index (χ4v) is 2.63. The van der Waals surface area contributed by atoms with Crippen molar-refractivity contribution in [3.8, 4) is 5.75 Å². The highest BCUT2D eigenvalue weighted by molar-refractivity contribution is 9.12. The van der Waals surface area contributed by atoms with Crippen molar-refractivity contribution in [2.75, 3.05) is 7.11 Å². The third-order valence-electron chi connectivity index (χ3n) is 3.94. The van der Waals surface area contributed by atoms with E-state index in [4.69, 9.17) is 0 Å². The number of carbonyl (C=O) groups excluding carboxylic acids is 4. The quantitative estimate of drug-likeness (QED) is 0.328. The zero-order valence-corrected chi connectivity index (χ0v) is 19.3. The van der Waals surface area contributed by atoms with Crippen molar-refractivity contribution in [1.29, 1.82) is 0 Å². The summed E-state index contributed by atoms with van der Waals surface area (Å²) in [6.45, 7) is 8.75. The van der Waals surface area contributed by atoms with Crippen LogP contribution in [0, 0.1) is 0 Å². The van der Waals surface area contributed by atoms with Crippen LogP contribution in [0.1, 0.15) is 48.9 Å². The van der Waals surface area contributed by atoms with Gasteiger partial charge in [0.05, 0.1) is 17.9 Å². The molecule has 0 heterocycles. The van der Waals surface area contributed by atoms with Gasteiger partial charge in [0.2, 0.25) is 0 Å². The summed E-state index contributed by atoms with van der Waals surface area (Å²) < 4.78 is 4.95. The zero-order chi connectivity index (χ0) is 23.7. The van der Waals surface area contributed by atoms with Gasteiger partial charge in [0.1, 0.15) is 5.75 Å². The van der Waals surface area contributed by atoms with E-state index in [1.165, 1.54) is 36.4 Å². The van der Waals surface area contributed by atoms with Crippen molar-refractivity contribution < 1.29 is 29.0 Å². The lowest BCUT2D eigenvalue weighted by Crippen LogP contribution is -2.15. The van der Waals surface area contributed by atoms with E-state index in [9.17, 15) is 24.3 Å². The number of ether oxygens (including phenoxy) is 1. The number of carbonyl (C=O) groups is 4. The molecule has 2 aliphatic rings. The molecule has 0 aromatic heterocycles. The predicted molar refractivity (Wildman–Crippen MR) is 129 cm³/mol. The molecule has 0 saturated carbocycles. The van der Waals surface area contributed by atoms with E-state index in [0.29, 0.717) is 21.2 Å². The summed E-state index contributed by atoms with van der Waals surface area (Å²) in [4.78, 5) is 44.7. The minimum Gasteiger partial charge on any atom is -0.508 e. The van der Waals surface area contributed by atoms with Crippen LogP contribution in [0.3, 0.4) is 0 Å². The summed E-state index contributed by atoms with van der Waals surface area (Å²) in [7, 11) is 1.61. The Hall–Kier alpha value is -3.32. The number of phenols is 1. The molecular formula is C25H27BrO6. The average molecular weight is 503 g/mol. The fourth-order valence-electron chi connectivity index (χ4n) is 2.31. The van der Waals surface area contributed by atoms with Crippen LogP contribution in [-0.4, -0.2) is 35.3 Å². The Morgan fingerprint density at radius 3 is 2.06 bits per heavy atom. The van der Waals surface area contributed by atoms with Crippen LogP contribution in [-0.2, 0) is 14.3 Å². The molecule has 0 spiro atoms. The van der Waals surface area contributed by atoms with Crippen LogP contribution in [0.2, 0.25) is 0 Å². The van der Waals surface area contributed by atoms with Gasteiger partial charge >= 0.3 is 0 Å². The largest absolute Gasteiger partial charge is 0.508 e. The third kappa shape index (κ3) is 8.43. The molecule has 1 aromatic carbocycles. The molecule has 0 amide bonds. The minimum absolute atomic E-state index is 0. The Balaban J connectivity index is 0.000000474. The molecule has 0 radical (unpaired) electrons. The number of allylic oxidation sites excluding steroid dienone is 8. The van der Waals surface area contributed by atoms with Gasteiger partial charge in [0.25, 0.3) is 0 Å². The van der Waals surface area contributed by atoms with Gasteiger partial charge in [-0.05, 0) is 73.1 Å². The SMILES string of the molecule is C.C=C(C)/C=C/OC.CC1=CC(=O)C(Br)=CC1=O.CC1=CC(=O)c2ccc(O)cc2C1=O. The van der Waals surface area contributed by atoms with Crippen molar-refractivity contribution in [3.63, 3.8) is 0 Å². The second-order valence-corrected chi connectivity index (χ2v) is 7.54. The number of halogens is 1. The van der Waals surface area contributed by atoms with E-state index >= 15 is 0 Å². The summed E-state index contributed by atoms with van der Waals surface area (Å²) in [5, 5.41) is 9.20. The van der Waals surface area contributed by atoms with Gasteiger partial charge < -0.3 is 9.84 Å². The Morgan fingerprint density at radius 1 is 0.969 bits per heavy atom. The molecule has 0 saturated heterocycles. The Labute approximate surface area is 196 Å². The van der Waals surface area contributed by atoms with Gasteiger partial charge in [-0.15, -0.1) is 0 Å². The van der Waals surface area contributed by atoms with Crippen LogP contribution >= 0.6 is 15.9 Å². The number of rotatable bonds is 2. The van der Waals surface area contributed by atoms with E-state index in [1.807, 2.05) is 6.92 Å². The minimum atomic E-state index is -0.199. The molecule has 1 N–H and O–H groups in total. The first-order chi connectivity index (χ1) is 14.5. The second kappa shape index (κ2) is 13.2. The molecule has 0 bridgehead atoms. The maximum Gasteiger partial charge on any atom is 0.193 e. The van der Waals surface area contributed by atoms with Crippen molar-refractivity contribution >= 4 is 39.1 Å². The second-order valence-electron chi connectivity index (χ2n) is 6.68. The number of hydrogen-bond acceptors (Lipinski definition) is 6. The summed E-state index contributed by atoms with van der Waals surface area (Å²) >= 11 is 2.97.